The summed E-state index contributed by atoms with van der Waals surface area (Å²) in [6.45, 7) is 11.2. The second kappa shape index (κ2) is 11.3. The van der Waals surface area contributed by atoms with Gasteiger partial charge in [0.15, 0.2) is 0 Å². The van der Waals surface area contributed by atoms with Gasteiger partial charge in [-0.1, -0.05) is 13.8 Å². The lowest BCUT2D eigenvalue weighted by molar-refractivity contribution is -0.111. The third-order valence-corrected chi connectivity index (χ3v) is 5.79. The lowest BCUT2D eigenvalue weighted by Crippen LogP contribution is -2.35. The quantitative estimate of drug-likeness (QED) is 0.340. The fourth-order valence-corrected chi connectivity index (χ4v) is 3.77. The summed E-state index contributed by atoms with van der Waals surface area (Å²) in [5.74, 6) is -0.817. The first kappa shape index (κ1) is 24.1. The maximum absolute atomic E-state index is 13.2. The number of likely N-dealkylation sites (N-methyl/N-ethyl adjacent to an activating group) is 1. The van der Waals surface area contributed by atoms with Crippen molar-refractivity contribution in [2.24, 2.45) is 0 Å². The van der Waals surface area contributed by atoms with Crippen LogP contribution in [0.4, 0.5) is 10.1 Å². The van der Waals surface area contributed by atoms with E-state index in [4.69, 9.17) is 0 Å². The van der Waals surface area contributed by atoms with Crippen molar-refractivity contribution in [3.63, 3.8) is 0 Å². The molecule has 6 nitrogen and oxygen atoms in total. The Labute approximate surface area is 190 Å². The first-order chi connectivity index (χ1) is 14.3. The Morgan fingerprint density at radius 2 is 1.93 bits per heavy atom. The molecule has 1 heterocycles. The SMILES string of the molecule is CCN(CC)CCNC(=O)c1c(C)[nH]c(/C=C/C(=O)Nc2ccc(F)cc2I)c1C. The van der Waals surface area contributed by atoms with Gasteiger partial charge >= 0.3 is 0 Å². The van der Waals surface area contributed by atoms with Crippen LogP contribution in [0.1, 0.15) is 41.2 Å². The van der Waals surface area contributed by atoms with Crippen molar-refractivity contribution in [1.29, 1.82) is 0 Å². The summed E-state index contributed by atoms with van der Waals surface area (Å²) >= 11 is 1.97. The molecule has 0 atom stereocenters. The highest BCUT2D eigenvalue weighted by Crippen LogP contribution is 2.21. The number of nitrogens with zero attached hydrogens (tertiary/aromatic N) is 1. The van der Waals surface area contributed by atoms with Crippen LogP contribution in [0.15, 0.2) is 24.3 Å². The highest BCUT2D eigenvalue weighted by atomic mass is 127. The van der Waals surface area contributed by atoms with E-state index in [2.05, 4.69) is 34.4 Å². The molecule has 0 fully saturated rings. The Morgan fingerprint density at radius 1 is 1.23 bits per heavy atom. The van der Waals surface area contributed by atoms with Crippen LogP contribution in [-0.2, 0) is 4.79 Å². The van der Waals surface area contributed by atoms with Gasteiger partial charge in [0.2, 0.25) is 5.91 Å². The van der Waals surface area contributed by atoms with E-state index < -0.39 is 0 Å². The minimum Gasteiger partial charge on any atom is -0.358 e. The Bertz CT molecular complexity index is 935. The van der Waals surface area contributed by atoms with Crippen molar-refractivity contribution in [3.05, 3.63) is 56.2 Å². The van der Waals surface area contributed by atoms with Crippen molar-refractivity contribution >= 4 is 46.2 Å². The van der Waals surface area contributed by atoms with Crippen LogP contribution < -0.4 is 10.6 Å². The van der Waals surface area contributed by atoms with E-state index >= 15 is 0 Å². The van der Waals surface area contributed by atoms with Crippen molar-refractivity contribution in [1.82, 2.24) is 15.2 Å². The maximum Gasteiger partial charge on any atom is 0.253 e. The van der Waals surface area contributed by atoms with Crippen LogP contribution in [0, 0.1) is 23.2 Å². The van der Waals surface area contributed by atoms with E-state index in [1.807, 2.05) is 36.4 Å². The molecular weight excluding hydrogens is 498 g/mol. The molecule has 0 saturated carbocycles. The fraction of sp³-hybridized carbons (Fsp3) is 0.364. The number of H-pyrrole nitrogens is 1. The van der Waals surface area contributed by atoms with Gasteiger partial charge < -0.3 is 20.5 Å². The average molecular weight is 526 g/mol. The van der Waals surface area contributed by atoms with E-state index in [1.54, 1.807) is 6.08 Å². The summed E-state index contributed by atoms with van der Waals surface area (Å²) in [6.07, 6.45) is 3.03. The first-order valence-corrected chi connectivity index (χ1v) is 11.0. The van der Waals surface area contributed by atoms with Gasteiger partial charge in [0.05, 0.1) is 11.3 Å². The van der Waals surface area contributed by atoms with Gasteiger partial charge in [-0.3, -0.25) is 9.59 Å². The van der Waals surface area contributed by atoms with E-state index in [9.17, 15) is 14.0 Å². The Balaban J connectivity index is 2.03. The zero-order valence-electron chi connectivity index (χ0n) is 17.7. The van der Waals surface area contributed by atoms with Crippen molar-refractivity contribution in [2.45, 2.75) is 27.7 Å². The van der Waals surface area contributed by atoms with E-state index in [0.717, 1.165) is 30.9 Å². The molecule has 2 rings (SSSR count). The normalized spacial score (nSPS) is 11.3. The van der Waals surface area contributed by atoms with Crippen LogP contribution in [-0.4, -0.2) is 47.9 Å². The molecule has 0 aliphatic carbocycles. The maximum atomic E-state index is 13.2. The van der Waals surface area contributed by atoms with Gasteiger partial charge in [0.25, 0.3) is 5.91 Å². The molecule has 0 saturated heterocycles. The number of amides is 2. The molecule has 0 bridgehead atoms. The minimum absolute atomic E-state index is 0.127. The molecule has 1 aromatic heterocycles. The number of carbonyl (C=O) groups excluding carboxylic acids is 2. The summed E-state index contributed by atoms with van der Waals surface area (Å²) in [4.78, 5) is 30.3. The van der Waals surface area contributed by atoms with Gasteiger partial charge in [-0.05, 0) is 79.4 Å². The monoisotopic (exact) mass is 526 g/mol. The number of nitrogens with one attached hydrogen (secondary N) is 3. The van der Waals surface area contributed by atoms with E-state index in [1.165, 1.54) is 24.3 Å². The average Bonchev–Trinajstić information content (AvgIpc) is 2.99. The third kappa shape index (κ3) is 6.40. The molecule has 0 radical (unpaired) electrons. The van der Waals surface area contributed by atoms with E-state index in [-0.39, 0.29) is 17.6 Å². The predicted octanol–water partition coefficient (Wildman–Crippen LogP) is 4.10. The van der Waals surface area contributed by atoms with Gasteiger partial charge in [0, 0.05) is 34.1 Å². The van der Waals surface area contributed by atoms with Crippen LogP contribution in [0.3, 0.4) is 0 Å². The number of carbonyl (C=O) groups is 2. The Morgan fingerprint density at radius 3 is 2.57 bits per heavy atom. The zero-order valence-corrected chi connectivity index (χ0v) is 19.9. The number of aryl methyl sites for hydroxylation is 1. The van der Waals surface area contributed by atoms with Gasteiger partial charge in [0.1, 0.15) is 5.82 Å². The van der Waals surface area contributed by atoms with Crippen LogP contribution in [0.25, 0.3) is 6.08 Å². The second-order valence-corrected chi connectivity index (χ2v) is 8.06. The third-order valence-electron chi connectivity index (χ3n) is 4.90. The van der Waals surface area contributed by atoms with Crippen molar-refractivity contribution < 1.29 is 14.0 Å². The molecule has 0 aliphatic rings. The van der Waals surface area contributed by atoms with Gasteiger partial charge in [-0.25, -0.2) is 4.39 Å². The van der Waals surface area contributed by atoms with Gasteiger partial charge in [-0.15, -0.1) is 0 Å². The number of benzene rings is 1. The molecule has 8 heteroatoms. The minimum atomic E-state index is -0.353. The number of aromatic nitrogens is 1. The summed E-state index contributed by atoms with van der Waals surface area (Å²) < 4.78 is 13.8. The van der Waals surface area contributed by atoms with Crippen LogP contribution in [0.2, 0.25) is 0 Å². The molecule has 2 aromatic rings. The molecule has 2 amide bonds. The molecule has 0 unspecified atom stereocenters. The fourth-order valence-electron chi connectivity index (χ4n) is 3.16. The number of anilines is 1. The molecule has 162 valence electrons. The molecule has 0 aliphatic heterocycles. The lowest BCUT2D eigenvalue weighted by atomic mass is 10.1. The number of halogens is 2. The van der Waals surface area contributed by atoms with Crippen molar-refractivity contribution in [2.75, 3.05) is 31.5 Å². The smallest absolute Gasteiger partial charge is 0.253 e. The summed E-state index contributed by atoms with van der Waals surface area (Å²) in [6, 6.07) is 4.17. The van der Waals surface area contributed by atoms with Crippen LogP contribution in [0.5, 0.6) is 0 Å². The molecule has 0 spiro atoms. The zero-order chi connectivity index (χ0) is 22.3. The molecule has 30 heavy (non-hydrogen) atoms. The molecule has 3 N–H and O–H groups in total. The molecule has 1 aromatic carbocycles. The van der Waals surface area contributed by atoms with Crippen molar-refractivity contribution in [3.8, 4) is 0 Å². The summed E-state index contributed by atoms with van der Waals surface area (Å²) in [5, 5.41) is 5.69. The summed E-state index contributed by atoms with van der Waals surface area (Å²) in [5.41, 5.74) is 3.38. The number of hydrogen-bond donors (Lipinski definition) is 3. The Hall–Kier alpha value is -2.20. The highest BCUT2D eigenvalue weighted by Gasteiger charge is 2.17. The summed E-state index contributed by atoms with van der Waals surface area (Å²) in [7, 11) is 0. The van der Waals surface area contributed by atoms with E-state index in [0.29, 0.717) is 27.1 Å². The highest BCUT2D eigenvalue weighted by molar-refractivity contribution is 14.1. The number of rotatable bonds is 9. The lowest BCUT2D eigenvalue weighted by Gasteiger charge is -2.18. The topological polar surface area (TPSA) is 77.2 Å². The number of aromatic amines is 1. The second-order valence-electron chi connectivity index (χ2n) is 6.89. The largest absolute Gasteiger partial charge is 0.358 e. The first-order valence-electron chi connectivity index (χ1n) is 9.90. The number of hydrogen-bond acceptors (Lipinski definition) is 3. The molecular formula is C22H28FIN4O2. The predicted molar refractivity (Wildman–Crippen MR) is 127 cm³/mol. The van der Waals surface area contributed by atoms with Crippen LogP contribution >= 0.6 is 22.6 Å². The van der Waals surface area contributed by atoms with Gasteiger partial charge in [-0.2, -0.15) is 0 Å². The Kier molecular flexibility index (Phi) is 9.04. The standard InChI is InChI=1S/C22H28FIN4O2/c1-5-28(6-2)12-11-25-22(30)21-14(3)18(26-15(21)4)9-10-20(29)27-19-8-7-16(23)13-17(19)24/h7-10,13,26H,5-6,11-12H2,1-4H3,(H,25,30)(H,27,29)/b10-9+.